The van der Waals surface area contributed by atoms with Crippen LogP contribution < -0.4 is 5.32 Å². The van der Waals surface area contributed by atoms with Crippen molar-refractivity contribution >= 4 is 11.9 Å². The Kier molecular flexibility index (Phi) is 7.21. The molecule has 0 spiro atoms. The van der Waals surface area contributed by atoms with Gasteiger partial charge in [-0.15, -0.1) is 0 Å². The molecule has 5 nitrogen and oxygen atoms in total. The molecule has 0 heterocycles. The Morgan fingerprint density at radius 1 is 0.829 bits per heavy atom. The number of rotatable bonds is 7. The maximum Gasteiger partial charge on any atom is 0.307 e. The number of benzene rings is 4. The van der Waals surface area contributed by atoms with Gasteiger partial charge < -0.3 is 15.2 Å². The Balaban J connectivity index is 1.60. The third kappa shape index (κ3) is 5.73. The lowest BCUT2D eigenvalue weighted by molar-refractivity contribution is -0.141. The number of halogens is 1. The highest BCUT2D eigenvalue weighted by Gasteiger charge is 2.22. The van der Waals surface area contributed by atoms with E-state index in [9.17, 15) is 19.1 Å². The molecule has 4 rings (SSSR count). The largest absolute Gasteiger partial charge is 0.507 e. The number of phenolic OH excluding ortho intramolecular Hbond substituents is 1. The maximum atomic E-state index is 13.3. The highest BCUT2D eigenvalue weighted by atomic mass is 19.1. The SMILES string of the molecule is COC(=O)CC(NC(=O)c1cc(-c2ccc(F)cc2)ccc1O)c1ccc(-c2ccccc2)cc1. The number of esters is 1. The Hall–Kier alpha value is -4.45. The van der Waals surface area contributed by atoms with Gasteiger partial charge in [-0.25, -0.2) is 4.39 Å². The van der Waals surface area contributed by atoms with Crippen molar-refractivity contribution in [3.05, 3.63) is 114 Å². The standard InChI is InChI=1S/C29H24FNO4/c1-35-28(33)18-26(22-9-7-20(8-10-22)19-5-3-2-4-6-19)31-29(34)25-17-23(13-16-27(25)32)21-11-14-24(30)15-12-21/h2-17,26,32H,18H2,1H3,(H,31,34). The van der Waals surface area contributed by atoms with Gasteiger partial charge in [0.25, 0.3) is 5.91 Å². The number of hydrogen-bond donors (Lipinski definition) is 2. The van der Waals surface area contributed by atoms with Crippen molar-refractivity contribution in [1.29, 1.82) is 0 Å². The second-order valence-electron chi connectivity index (χ2n) is 8.03. The van der Waals surface area contributed by atoms with Crippen molar-refractivity contribution in [2.24, 2.45) is 0 Å². The summed E-state index contributed by atoms with van der Waals surface area (Å²) in [7, 11) is 1.29. The van der Waals surface area contributed by atoms with Crippen LogP contribution in [-0.2, 0) is 9.53 Å². The monoisotopic (exact) mass is 469 g/mol. The first kappa shape index (κ1) is 23.7. The topological polar surface area (TPSA) is 75.6 Å². The first-order valence-corrected chi connectivity index (χ1v) is 11.1. The Morgan fingerprint density at radius 2 is 1.40 bits per heavy atom. The van der Waals surface area contributed by atoms with Crippen LogP contribution in [0.4, 0.5) is 4.39 Å². The molecule has 0 bridgehead atoms. The van der Waals surface area contributed by atoms with Crippen molar-refractivity contribution in [3.63, 3.8) is 0 Å². The van der Waals surface area contributed by atoms with Gasteiger partial charge >= 0.3 is 5.97 Å². The number of carbonyl (C=O) groups is 2. The Labute approximate surface area is 202 Å². The molecule has 0 aromatic heterocycles. The van der Waals surface area contributed by atoms with Gasteiger partial charge in [0.2, 0.25) is 0 Å². The van der Waals surface area contributed by atoms with Crippen molar-refractivity contribution in [2.75, 3.05) is 7.11 Å². The fourth-order valence-corrected chi connectivity index (χ4v) is 3.82. The summed E-state index contributed by atoms with van der Waals surface area (Å²) in [5.74, 6) is -1.60. The maximum absolute atomic E-state index is 13.3. The first-order chi connectivity index (χ1) is 16.9. The third-order valence-electron chi connectivity index (χ3n) is 5.74. The highest BCUT2D eigenvalue weighted by molar-refractivity contribution is 5.98. The third-order valence-corrected chi connectivity index (χ3v) is 5.74. The zero-order valence-corrected chi connectivity index (χ0v) is 19.1. The summed E-state index contributed by atoms with van der Waals surface area (Å²) in [4.78, 5) is 25.2. The lowest BCUT2D eigenvalue weighted by Gasteiger charge is -2.19. The van der Waals surface area contributed by atoms with Crippen molar-refractivity contribution < 1.29 is 23.8 Å². The van der Waals surface area contributed by atoms with Crippen LogP contribution in [0.2, 0.25) is 0 Å². The van der Waals surface area contributed by atoms with E-state index in [1.54, 1.807) is 18.2 Å². The number of ether oxygens (including phenoxy) is 1. The number of amides is 1. The lowest BCUT2D eigenvalue weighted by atomic mass is 9.98. The number of methoxy groups -OCH3 is 1. The summed E-state index contributed by atoms with van der Waals surface area (Å²) in [6.45, 7) is 0. The number of carbonyl (C=O) groups excluding carboxylic acids is 2. The van der Waals surface area contributed by atoms with Crippen LogP contribution in [0.25, 0.3) is 22.3 Å². The van der Waals surface area contributed by atoms with E-state index in [-0.39, 0.29) is 23.6 Å². The minimum atomic E-state index is -0.673. The summed E-state index contributed by atoms with van der Waals surface area (Å²) < 4.78 is 18.1. The molecule has 2 N–H and O–H groups in total. The molecule has 0 saturated heterocycles. The van der Waals surface area contributed by atoms with Crippen LogP contribution in [0, 0.1) is 5.82 Å². The molecule has 1 amide bonds. The van der Waals surface area contributed by atoms with Gasteiger partial charge in [0.05, 0.1) is 25.1 Å². The van der Waals surface area contributed by atoms with E-state index in [1.165, 1.54) is 31.4 Å². The molecule has 0 fully saturated rings. The molecule has 4 aromatic rings. The molecule has 0 aliphatic carbocycles. The van der Waals surface area contributed by atoms with E-state index in [2.05, 4.69) is 5.32 Å². The minimum Gasteiger partial charge on any atom is -0.507 e. The second kappa shape index (κ2) is 10.7. The molecule has 0 aliphatic rings. The fourth-order valence-electron chi connectivity index (χ4n) is 3.82. The van der Waals surface area contributed by atoms with Crippen molar-refractivity contribution in [3.8, 4) is 28.0 Å². The van der Waals surface area contributed by atoms with Gasteiger partial charge in [-0.1, -0.05) is 72.8 Å². The summed E-state index contributed by atoms with van der Waals surface area (Å²) >= 11 is 0. The number of phenols is 1. The van der Waals surface area contributed by atoms with E-state index in [0.717, 1.165) is 16.7 Å². The molecule has 35 heavy (non-hydrogen) atoms. The molecule has 0 radical (unpaired) electrons. The fraction of sp³-hybridized carbons (Fsp3) is 0.103. The quantitative estimate of drug-likeness (QED) is 0.331. The molecule has 6 heteroatoms. The average molecular weight is 470 g/mol. The van der Waals surface area contributed by atoms with Gasteiger partial charge in [0.15, 0.2) is 0 Å². The second-order valence-corrected chi connectivity index (χ2v) is 8.03. The predicted octanol–water partition coefficient (Wildman–Crippen LogP) is 5.90. The smallest absolute Gasteiger partial charge is 0.307 e. The predicted molar refractivity (Wildman–Crippen MR) is 132 cm³/mol. The summed E-state index contributed by atoms with van der Waals surface area (Å²) in [6, 6.07) is 27.2. The molecular weight excluding hydrogens is 445 g/mol. The van der Waals surface area contributed by atoms with Crippen LogP contribution in [-0.4, -0.2) is 24.1 Å². The summed E-state index contributed by atoms with van der Waals surface area (Å²) in [5.41, 5.74) is 4.16. The molecular formula is C29H24FNO4. The summed E-state index contributed by atoms with van der Waals surface area (Å²) in [6.07, 6.45) is -0.0780. The van der Waals surface area contributed by atoms with E-state index in [1.807, 2.05) is 54.6 Å². The minimum absolute atomic E-state index is 0.0441. The molecule has 1 unspecified atom stereocenters. The Morgan fingerprint density at radius 3 is 2.06 bits per heavy atom. The molecule has 4 aromatic carbocycles. The zero-order valence-electron chi connectivity index (χ0n) is 19.1. The molecule has 1 atom stereocenters. The van der Waals surface area contributed by atoms with Crippen molar-refractivity contribution in [1.82, 2.24) is 5.32 Å². The van der Waals surface area contributed by atoms with Crippen LogP contribution in [0.1, 0.15) is 28.4 Å². The number of nitrogens with one attached hydrogen (secondary N) is 1. The average Bonchev–Trinajstić information content (AvgIpc) is 2.89. The van der Waals surface area contributed by atoms with Gasteiger partial charge in [-0.05, 0) is 52.1 Å². The highest BCUT2D eigenvalue weighted by Crippen LogP contribution is 2.28. The lowest BCUT2D eigenvalue weighted by Crippen LogP contribution is -2.30. The van der Waals surface area contributed by atoms with Gasteiger partial charge in [-0.2, -0.15) is 0 Å². The molecule has 0 aliphatic heterocycles. The van der Waals surface area contributed by atoms with E-state index < -0.39 is 17.9 Å². The van der Waals surface area contributed by atoms with Crippen LogP contribution in [0.15, 0.2) is 97.1 Å². The van der Waals surface area contributed by atoms with Gasteiger partial charge in [0, 0.05) is 0 Å². The summed E-state index contributed by atoms with van der Waals surface area (Å²) in [5, 5.41) is 13.2. The van der Waals surface area contributed by atoms with Crippen LogP contribution >= 0.6 is 0 Å². The molecule has 176 valence electrons. The van der Waals surface area contributed by atoms with E-state index in [0.29, 0.717) is 11.1 Å². The Bertz CT molecular complexity index is 1320. The molecule has 0 saturated carbocycles. The zero-order chi connectivity index (χ0) is 24.8. The van der Waals surface area contributed by atoms with Crippen LogP contribution in [0.5, 0.6) is 5.75 Å². The van der Waals surface area contributed by atoms with Crippen molar-refractivity contribution in [2.45, 2.75) is 12.5 Å². The number of aromatic hydroxyl groups is 1. The van der Waals surface area contributed by atoms with Gasteiger partial charge in [-0.3, -0.25) is 9.59 Å². The van der Waals surface area contributed by atoms with E-state index in [4.69, 9.17) is 4.74 Å². The normalized spacial score (nSPS) is 11.5. The van der Waals surface area contributed by atoms with Crippen LogP contribution in [0.3, 0.4) is 0 Å². The number of hydrogen-bond acceptors (Lipinski definition) is 4. The van der Waals surface area contributed by atoms with E-state index >= 15 is 0 Å². The first-order valence-electron chi connectivity index (χ1n) is 11.1. The van der Waals surface area contributed by atoms with Gasteiger partial charge in [0.1, 0.15) is 11.6 Å².